The lowest BCUT2D eigenvalue weighted by molar-refractivity contribution is -0.120. The Morgan fingerprint density at radius 1 is 1.35 bits per heavy atom. The van der Waals surface area contributed by atoms with Gasteiger partial charge in [-0.15, -0.1) is 0 Å². The van der Waals surface area contributed by atoms with Crippen molar-refractivity contribution in [2.24, 2.45) is 5.92 Å². The largest absolute Gasteiger partial charge is 0.356 e. The van der Waals surface area contributed by atoms with Crippen molar-refractivity contribution < 1.29 is 13.6 Å². The SMILES string of the molecule is CCCC(CCBr)CNC(=O)Cc1cccc(F)c1F. The van der Waals surface area contributed by atoms with Crippen molar-refractivity contribution in [2.45, 2.75) is 32.6 Å². The molecule has 112 valence electrons. The molecule has 1 aromatic rings. The van der Waals surface area contributed by atoms with Gasteiger partial charge in [-0.2, -0.15) is 0 Å². The molecular formula is C15H20BrF2NO. The minimum absolute atomic E-state index is 0.0926. The lowest BCUT2D eigenvalue weighted by Crippen LogP contribution is -2.31. The summed E-state index contributed by atoms with van der Waals surface area (Å²) in [5.41, 5.74) is 0.0926. The van der Waals surface area contributed by atoms with Gasteiger partial charge >= 0.3 is 0 Å². The number of nitrogens with one attached hydrogen (secondary N) is 1. The number of alkyl halides is 1. The van der Waals surface area contributed by atoms with Gasteiger partial charge in [0, 0.05) is 17.4 Å². The first-order chi connectivity index (χ1) is 9.58. The number of hydrogen-bond acceptors (Lipinski definition) is 1. The van der Waals surface area contributed by atoms with Gasteiger partial charge in [0.25, 0.3) is 0 Å². The summed E-state index contributed by atoms with van der Waals surface area (Å²) in [7, 11) is 0. The zero-order valence-corrected chi connectivity index (χ0v) is 13.2. The van der Waals surface area contributed by atoms with Gasteiger partial charge in [0.2, 0.25) is 5.91 Å². The third-order valence-electron chi connectivity index (χ3n) is 3.18. The molecule has 0 spiro atoms. The maximum atomic E-state index is 13.4. The average Bonchev–Trinajstić information content (AvgIpc) is 2.42. The first-order valence-corrected chi connectivity index (χ1v) is 7.96. The Bertz CT molecular complexity index is 434. The Hall–Kier alpha value is -0.970. The number of halogens is 3. The summed E-state index contributed by atoms with van der Waals surface area (Å²) in [4.78, 5) is 11.8. The number of hydrogen-bond donors (Lipinski definition) is 1. The highest BCUT2D eigenvalue weighted by Crippen LogP contribution is 2.13. The van der Waals surface area contributed by atoms with Gasteiger partial charge in [-0.1, -0.05) is 41.4 Å². The lowest BCUT2D eigenvalue weighted by Gasteiger charge is -2.15. The normalized spacial score (nSPS) is 12.2. The molecule has 0 fully saturated rings. The summed E-state index contributed by atoms with van der Waals surface area (Å²) in [5.74, 6) is -1.71. The third kappa shape index (κ3) is 5.57. The van der Waals surface area contributed by atoms with E-state index < -0.39 is 11.6 Å². The van der Waals surface area contributed by atoms with Gasteiger partial charge < -0.3 is 5.32 Å². The Balaban J connectivity index is 2.48. The monoisotopic (exact) mass is 347 g/mol. The average molecular weight is 348 g/mol. The Morgan fingerprint density at radius 2 is 2.10 bits per heavy atom. The Labute approximate surface area is 127 Å². The quantitative estimate of drug-likeness (QED) is 0.711. The highest BCUT2D eigenvalue weighted by molar-refractivity contribution is 9.09. The number of benzene rings is 1. The molecule has 1 amide bonds. The topological polar surface area (TPSA) is 29.1 Å². The van der Waals surface area contributed by atoms with Crippen molar-refractivity contribution in [1.29, 1.82) is 0 Å². The van der Waals surface area contributed by atoms with Crippen LogP contribution in [-0.4, -0.2) is 17.8 Å². The molecule has 0 aromatic heterocycles. The van der Waals surface area contributed by atoms with Gasteiger partial charge in [0.15, 0.2) is 11.6 Å². The summed E-state index contributed by atoms with van der Waals surface area (Å²) >= 11 is 3.39. The van der Waals surface area contributed by atoms with Crippen molar-refractivity contribution in [3.8, 4) is 0 Å². The van der Waals surface area contributed by atoms with E-state index in [2.05, 4.69) is 28.2 Å². The summed E-state index contributed by atoms with van der Waals surface area (Å²) in [5, 5.41) is 3.69. The molecule has 1 unspecified atom stereocenters. The fourth-order valence-electron chi connectivity index (χ4n) is 2.09. The first kappa shape index (κ1) is 17.1. The molecule has 0 heterocycles. The van der Waals surface area contributed by atoms with Gasteiger partial charge in [-0.25, -0.2) is 8.78 Å². The van der Waals surface area contributed by atoms with E-state index in [9.17, 15) is 13.6 Å². The van der Waals surface area contributed by atoms with Crippen molar-refractivity contribution in [2.75, 3.05) is 11.9 Å². The zero-order valence-electron chi connectivity index (χ0n) is 11.6. The fraction of sp³-hybridized carbons (Fsp3) is 0.533. The van der Waals surface area contributed by atoms with Crippen LogP contribution in [0.2, 0.25) is 0 Å². The maximum absolute atomic E-state index is 13.4. The molecule has 0 aliphatic rings. The second-order valence-corrected chi connectivity index (χ2v) is 5.62. The summed E-state index contributed by atoms with van der Waals surface area (Å²) in [6, 6.07) is 3.88. The number of carbonyl (C=O) groups is 1. The van der Waals surface area contributed by atoms with Crippen LogP contribution in [0.5, 0.6) is 0 Å². The van der Waals surface area contributed by atoms with Gasteiger partial charge in [-0.3, -0.25) is 4.79 Å². The molecule has 1 rings (SSSR count). The third-order valence-corrected chi connectivity index (χ3v) is 3.64. The zero-order chi connectivity index (χ0) is 15.0. The number of rotatable bonds is 8. The molecule has 0 radical (unpaired) electrons. The van der Waals surface area contributed by atoms with E-state index >= 15 is 0 Å². The van der Waals surface area contributed by atoms with Crippen LogP contribution < -0.4 is 5.32 Å². The highest BCUT2D eigenvalue weighted by Gasteiger charge is 2.13. The molecule has 0 aliphatic carbocycles. The molecule has 0 aliphatic heterocycles. The van der Waals surface area contributed by atoms with Crippen LogP contribution in [0.25, 0.3) is 0 Å². The molecule has 5 heteroatoms. The van der Waals surface area contributed by atoms with E-state index in [1.807, 2.05) is 0 Å². The van der Waals surface area contributed by atoms with E-state index in [1.54, 1.807) is 0 Å². The predicted octanol–water partition coefficient (Wildman–Crippen LogP) is 3.82. The van der Waals surface area contributed by atoms with Crippen LogP contribution in [0.1, 0.15) is 31.7 Å². The van der Waals surface area contributed by atoms with Crippen LogP contribution >= 0.6 is 15.9 Å². The Kier molecular flexibility index (Phi) is 7.73. The van der Waals surface area contributed by atoms with E-state index in [4.69, 9.17) is 0 Å². The van der Waals surface area contributed by atoms with Crippen molar-refractivity contribution in [1.82, 2.24) is 5.32 Å². The van der Waals surface area contributed by atoms with Gasteiger partial charge in [-0.05, 0) is 24.8 Å². The minimum atomic E-state index is -0.937. The van der Waals surface area contributed by atoms with Crippen LogP contribution in [0, 0.1) is 17.6 Å². The molecule has 0 saturated heterocycles. The molecular weight excluding hydrogens is 328 g/mol. The van der Waals surface area contributed by atoms with E-state index in [-0.39, 0.29) is 17.9 Å². The predicted molar refractivity (Wildman–Crippen MR) is 79.9 cm³/mol. The smallest absolute Gasteiger partial charge is 0.224 e. The van der Waals surface area contributed by atoms with Crippen LogP contribution in [0.15, 0.2) is 18.2 Å². The van der Waals surface area contributed by atoms with Crippen LogP contribution in [0.4, 0.5) is 8.78 Å². The molecule has 0 bridgehead atoms. The minimum Gasteiger partial charge on any atom is -0.356 e. The van der Waals surface area contributed by atoms with Crippen LogP contribution in [-0.2, 0) is 11.2 Å². The van der Waals surface area contributed by atoms with E-state index in [0.29, 0.717) is 12.5 Å². The number of amides is 1. The summed E-state index contributed by atoms with van der Waals surface area (Å²) < 4.78 is 26.5. The highest BCUT2D eigenvalue weighted by atomic mass is 79.9. The van der Waals surface area contributed by atoms with Crippen LogP contribution in [0.3, 0.4) is 0 Å². The molecule has 0 saturated carbocycles. The van der Waals surface area contributed by atoms with E-state index in [0.717, 1.165) is 30.7 Å². The van der Waals surface area contributed by atoms with Crippen molar-refractivity contribution >= 4 is 21.8 Å². The first-order valence-electron chi connectivity index (χ1n) is 6.84. The van der Waals surface area contributed by atoms with Gasteiger partial charge in [0.05, 0.1) is 6.42 Å². The molecule has 1 N–H and O–H groups in total. The molecule has 1 atom stereocenters. The summed E-state index contributed by atoms with van der Waals surface area (Å²) in [6.45, 7) is 2.68. The number of carbonyl (C=O) groups excluding carboxylic acids is 1. The fourth-order valence-corrected chi connectivity index (χ4v) is 2.74. The molecule has 1 aromatic carbocycles. The molecule has 20 heavy (non-hydrogen) atoms. The molecule has 2 nitrogen and oxygen atoms in total. The summed E-state index contributed by atoms with van der Waals surface area (Å²) in [6.07, 6.45) is 2.96. The lowest BCUT2D eigenvalue weighted by atomic mass is 10.0. The van der Waals surface area contributed by atoms with Crippen molar-refractivity contribution in [3.63, 3.8) is 0 Å². The van der Waals surface area contributed by atoms with Gasteiger partial charge in [0.1, 0.15) is 0 Å². The second-order valence-electron chi connectivity index (χ2n) is 4.83. The maximum Gasteiger partial charge on any atom is 0.224 e. The standard InChI is InChI=1S/C15H20BrF2NO/c1-2-4-11(7-8-16)10-19-14(20)9-12-5-3-6-13(17)15(12)18/h3,5-6,11H,2,4,7-10H2,1H3,(H,19,20). The van der Waals surface area contributed by atoms with E-state index in [1.165, 1.54) is 12.1 Å². The second kappa shape index (κ2) is 9.06. The Morgan fingerprint density at radius 3 is 2.75 bits per heavy atom. The van der Waals surface area contributed by atoms with Crippen molar-refractivity contribution in [3.05, 3.63) is 35.4 Å².